The van der Waals surface area contributed by atoms with Gasteiger partial charge in [-0.3, -0.25) is 9.59 Å². The molecule has 0 spiro atoms. The van der Waals surface area contributed by atoms with Crippen LogP contribution in [0.2, 0.25) is 5.02 Å². The molecule has 7 heteroatoms. The highest BCUT2D eigenvalue weighted by atomic mass is 35.5. The van der Waals surface area contributed by atoms with E-state index in [1.165, 1.54) is 0 Å². The molecule has 2 amide bonds. The van der Waals surface area contributed by atoms with Gasteiger partial charge < -0.3 is 15.5 Å². The Morgan fingerprint density at radius 2 is 2.17 bits per heavy atom. The highest BCUT2D eigenvalue weighted by Gasteiger charge is 2.42. The number of hydrogen-bond donors (Lipinski definition) is 2. The lowest BCUT2D eigenvalue weighted by molar-refractivity contribution is -0.128. The fourth-order valence-electron chi connectivity index (χ4n) is 2.74. The zero-order chi connectivity index (χ0) is 16.3. The van der Waals surface area contributed by atoms with E-state index in [0.29, 0.717) is 11.6 Å². The number of nitrogens with one attached hydrogen (secondary N) is 2. The molecule has 0 bridgehead atoms. The number of nitrogens with zero attached hydrogens (tertiary/aromatic N) is 1. The molecule has 0 radical (unpaired) electrons. The maximum atomic E-state index is 12.5. The van der Waals surface area contributed by atoms with Crippen LogP contribution in [0.1, 0.15) is 24.9 Å². The first-order chi connectivity index (χ1) is 10.4. The Morgan fingerprint density at radius 3 is 2.78 bits per heavy atom. The number of amides is 2. The Morgan fingerprint density at radius 1 is 1.48 bits per heavy atom. The zero-order valence-corrected chi connectivity index (χ0v) is 15.1. The minimum absolute atomic E-state index is 0. The van der Waals surface area contributed by atoms with E-state index in [4.69, 9.17) is 11.6 Å². The maximum absolute atomic E-state index is 12.5. The van der Waals surface area contributed by atoms with E-state index in [1.54, 1.807) is 18.0 Å². The van der Waals surface area contributed by atoms with Crippen LogP contribution in [0, 0.1) is 5.92 Å². The molecule has 0 saturated carbocycles. The largest absolute Gasteiger partial charge is 0.354 e. The summed E-state index contributed by atoms with van der Waals surface area (Å²) < 4.78 is 0. The molecule has 0 aromatic heterocycles. The number of halogens is 2. The van der Waals surface area contributed by atoms with Crippen molar-refractivity contribution in [1.82, 2.24) is 15.5 Å². The van der Waals surface area contributed by atoms with Crippen molar-refractivity contribution in [2.75, 3.05) is 20.6 Å². The summed E-state index contributed by atoms with van der Waals surface area (Å²) in [5.41, 5.74) is 0.891. The second kappa shape index (κ2) is 8.52. The molecule has 1 fully saturated rings. The number of hydrogen-bond acceptors (Lipinski definition) is 3. The fourth-order valence-corrected chi connectivity index (χ4v) is 2.94. The van der Waals surface area contributed by atoms with Crippen molar-refractivity contribution in [3.63, 3.8) is 0 Å². The van der Waals surface area contributed by atoms with Crippen LogP contribution in [0.5, 0.6) is 0 Å². The van der Waals surface area contributed by atoms with Crippen molar-refractivity contribution in [3.05, 3.63) is 34.9 Å². The molecule has 5 nitrogen and oxygen atoms in total. The Balaban J connectivity index is 0.00000264. The Kier molecular flexibility index (Phi) is 7.32. The molecular weight excluding hydrogens is 337 g/mol. The average molecular weight is 360 g/mol. The highest BCUT2D eigenvalue weighted by molar-refractivity contribution is 6.30. The van der Waals surface area contributed by atoms with Crippen LogP contribution in [0.4, 0.5) is 0 Å². The third-order valence-corrected chi connectivity index (χ3v) is 4.42. The first kappa shape index (κ1) is 19.7. The lowest BCUT2D eigenvalue weighted by Crippen LogP contribution is -2.41. The number of benzene rings is 1. The van der Waals surface area contributed by atoms with Gasteiger partial charge in [0.25, 0.3) is 0 Å². The zero-order valence-electron chi connectivity index (χ0n) is 13.5. The lowest BCUT2D eigenvalue weighted by atomic mass is 9.93. The van der Waals surface area contributed by atoms with Crippen LogP contribution in [0.25, 0.3) is 0 Å². The van der Waals surface area contributed by atoms with Crippen molar-refractivity contribution in [2.45, 2.75) is 25.4 Å². The second-order valence-corrected chi connectivity index (χ2v) is 6.19. The van der Waals surface area contributed by atoms with Crippen LogP contribution in [-0.2, 0) is 9.59 Å². The summed E-state index contributed by atoms with van der Waals surface area (Å²) in [6.07, 6.45) is 0.230. The molecule has 1 aliphatic heterocycles. The van der Waals surface area contributed by atoms with Gasteiger partial charge in [0, 0.05) is 31.1 Å². The number of carbonyl (C=O) groups is 2. The second-order valence-electron chi connectivity index (χ2n) is 5.75. The van der Waals surface area contributed by atoms with Gasteiger partial charge in [0.2, 0.25) is 11.8 Å². The van der Waals surface area contributed by atoms with E-state index >= 15 is 0 Å². The van der Waals surface area contributed by atoms with E-state index in [0.717, 1.165) is 5.56 Å². The van der Waals surface area contributed by atoms with E-state index in [9.17, 15) is 9.59 Å². The molecule has 3 unspecified atom stereocenters. The number of likely N-dealkylation sites (N-methyl/N-ethyl adjacent to an activating group) is 1. The molecule has 1 aromatic carbocycles. The third-order valence-electron chi connectivity index (χ3n) is 4.19. The lowest BCUT2D eigenvalue weighted by Gasteiger charge is -2.25. The summed E-state index contributed by atoms with van der Waals surface area (Å²) >= 11 is 6.04. The molecule has 2 N–H and O–H groups in total. The van der Waals surface area contributed by atoms with Crippen molar-refractivity contribution in [1.29, 1.82) is 0 Å². The standard InChI is InChI=1S/C16H22ClN3O2.ClH/c1-10(18-2)9-19-16(22)13-8-14(21)20(3)15(13)11-5-4-6-12(17)7-11;/h4-7,10,13,15,18H,8-9H2,1-3H3,(H,19,22);1H. The van der Waals surface area contributed by atoms with Crippen LogP contribution in [-0.4, -0.2) is 43.4 Å². The topological polar surface area (TPSA) is 61.4 Å². The number of likely N-dealkylation sites (tertiary alicyclic amines) is 1. The van der Waals surface area contributed by atoms with Gasteiger partial charge in [0.15, 0.2) is 0 Å². The smallest absolute Gasteiger partial charge is 0.226 e. The minimum atomic E-state index is -0.389. The predicted octanol–water partition coefficient (Wildman–Crippen LogP) is 2.01. The quantitative estimate of drug-likeness (QED) is 0.845. The monoisotopic (exact) mass is 359 g/mol. The molecule has 1 aromatic rings. The Bertz CT molecular complexity index is 568. The third kappa shape index (κ3) is 4.59. The normalized spacial score (nSPS) is 21.7. The summed E-state index contributed by atoms with van der Waals surface area (Å²) in [7, 11) is 3.58. The fraction of sp³-hybridized carbons (Fsp3) is 0.500. The Labute approximate surface area is 148 Å². The first-order valence-electron chi connectivity index (χ1n) is 7.40. The number of carbonyl (C=O) groups excluding carboxylic acids is 2. The van der Waals surface area contributed by atoms with Gasteiger partial charge in [-0.1, -0.05) is 23.7 Å². The molecule has 0 aliphatic carbocycles. The van der Waals surface area contributed by atoms with Crippen LogP contribution in [0.3, 0.4) is 0 Å². The van der Waals surface area contributed by atoms with Gasteiger partial charge in [-0.25, -0.2) is 0 Å². The van der Waals surface area contributed by atoms with Gasteiger partial charge in [-0.15, -0.1) is 12.4 Å². The molecule has 1 saturated heterocycles. The van der Waals surface area contributed by atoms with E-state index in [-0.39, 0.29) is 48.6 Å². The van der Waals surface area contributed by atoms with Crippen LogP contribution in [0.15, 0.2) is 24.3 Å². The molecule has 1 heterocycles. The van der Waals surface area contributed by atoms with E-state index < -0.39 is 0 Å². The molecule has 23 heavy (non-hydrogen) atoms. The van der Waals surface area contributed by atoms with Crippen molar-refractivity contribution in [2.24, 2.45) is 5.92 Å². The van der Waals surface area contributed by atoms with Gasteiger partial charge in [0.05, 0.1) is 12.0 Å². The Hall–Kier alpha value is -1.30. The molecule has 2 rings (SSSR count). The van der Waals surface area contributed by atoms with Crippen LogP contribution >= 0.6 is 24.0 Å². The summed E-state index contributed by atoms with van der Waals surface area (Å²) in [6, 6.07) is 7.26. The van der Waals surface area contributed by atoms with Crippen molar-refractivity contribution in [3.8, 4) is 0 Å². The average Bonchev–Trinajstić information content (AvgIpc) is 2.80. The van der Waals surface area contributed by atoms with Gasteiger partial charge in [-0.05, 0) is 31.7 Å². The molecule has 1 aliphatic rings. The van der Waals surface area contributed by atoms with Gasteiger partial charge in [0.1, 0.15) is 0 Å². The molecule has 128 valence electrons. The summed E-state index contributed by atoms with van der Waals surface area (Å²) in [4.78, 5) is 26.2. The maximum Gasteiger partial charge on any atom is 0.226 e. The number of rotatable bonds is 5. The van der Waals surface area contributed by atoms with Crippen molar-refractivity contribution < 1.29 is 9.59 Å². The summed E-state index contributed by atoms with van der Waals surface area (Å²) in [5, 5.41) is 6.59. The van der Waals surface area contributed by atoms with Gasteiger partial charge >= 0.3 is 0 Å². The van der Waals surface area contributed by atoms with Gasteiger partial charge in [-0.2, -0.15) is 0 Å². The summed E-state index contributed by atoms with van der Waals surface area (Å²) in [6.45, 7) is 2.52. The molecule has 3 atom stereocenters. The minimum Gasteiger partial charge on any atom is -0.354 e. The molecular formula is C16H23Cl2N3O2. The van der Waals surface area contributed by atoms with Crippen LogP contribution < -0.4 is 10.6 Å². The first-order valence-corrected chi connectivity index (χ1v) is 7.78. The van der Waals surface area contributed by atoms with E-state index in [1.807, 2.05) is 32.2 Å². The van der Waals surface area contributed by atoms with E-state index in [2.05, 4.69) is 10.6 Å². The highest BCUT2D eigenvalue weighted by Crippen LogP contribution is 2.37. The summed E-state index contributed by atoms with van der Waals surface area (Å²) in [5.74, 6) is -0.503. The van der Waals surface area contributed by atoms with Crippen molar-refractivity contribution >= 4 is 35.8 Å². The predicted molar refractivity (Wildman–Crippen MR) is 93.8 cm³/mol. The SMILES string of the molecule is CNC(C)CNC(=O)C1CC(=O)N(C)C1c1cccc(Cl)c1.Cl.